The van der Waals surface area contributed by atoms with Crippen molar-refractivity contribution < 1.29 is 9.47 Å². The minimum atomic E-state index is 0.0754. The van der Waals surface area contributed by atoms with Gasteiger partial charge in [-0.25, -0.2) is 0 Å². The first-order chi connectivity index (χ1) is 8.12. The van der Waals surface area contributed by atoms with Crippen molar-refractivity contribution in [1.29, 1.82) is 0 Å². The van der Waals surface area contributed by atoms with Gasteiger partial charge in [0, 0.05) is 5.33 Å². The molecule has 0 atom stereocenters. The van der Waals surface area contributed by atoms with Crippen LogP contribution in [0.5, 0.6) is 0 Å². The van der Waals surface area contributed by atoms with Crippen molar-refractivity contribution in [3.8, 4) is 0 Å². The van der Waals surface area contributed by atoms with Crippen molar-refractivity contribution >= 4 is 15.9 Å². The van der Waals surface area contributed by atoms with Crippen molar-refractivity contribution in [3.63, 3.8) is 0 Å². The Bertz CT molecular complexity index is 198. The molecule has 0 radical (unpaired) electrons. The average Bonchev–Trinajstić information content (AvgIpc) is 2.35. The summed E-state index contributed by atoms with van der Waals surface area (Å²) in [6.07, 6.45) is 6.63. The Morgan fingerprint density at radius 1 is 1.24 bits per heavy atom. The molecule has 0 aromatic heterocycles. The van der Waals surface area contributed by atoms with E-state index in [2.05, 4.69) is 36.7 Å². The Labute approximate surface area is 115 Å². The summed E-state index contributed by atoms with van der Waals surface area (Å²) in [6, 6.07) is 0. The third-order valence-corrected chi connectivity index (χ3v) is 4.80. The molecule has 1 aliphatic rings. The van der Waals surface area contributed by atoms with E-state index in [-0.39, 0.29) is 5.60 Å². The van der Waals surface area contributed by atoms with E-state index in [1.807, 2.05) is 0 Å². The molecule has 0 aromatic rings. The third kappa shape index (κ3) is 5.27. The molecule has 1 fully saturated rings. The van der Waals surface area contributed by atoms with Crippen LogP contribution in [0.2, 0.25) is 0 Å². The molecule has 0 bridgehead atoms. The number of alkyl halides is 1. The molecule has 0 saturated heterocycles. The van der Waals surface area contributed by atoms with E-state index in [1.165, 1.54) is 32.1 Å². The standard InChI is InChI=1S/C14H27BrO2/c1-4-13-5-7-14(11-15,8-6-13)17-10-9-16-12(2)3/h12-13H,4-11H2,1-3H3. The fourth-order valence-electron chi connectivity index (χ4n) is 2.47. The zero-order valence-electron chi connectivity index (χ0n) is 11.5. The summed E-state index contributed by atoms with van der Waals surface area (Å²) in [7, 11) is 0. The summed E-state index contributed by atoms with van der Waals surface area (Å²) < 4.78 is 11.6. The van der Waals surface area contributed by atoms with Crippen LogP contribution in [0.1, 0.15) is 52.9 Å². The van der Waals surface area contributed by atoms with Gasteiger partial charge in [-0.15, -0.1) is 0 Å². The molecular formula is C14H27BrO2. The molecule has 0 unspecified atom stereocenters. The molecule has 1 rings (SSSR count). The Kier molecular flexibility index (Phi) is 7.05. The van der Waals surface area contributed by atoms with Gasteiger partial charge < -0.3 is 9.47 Å². The lowest BCUT2D eigenvalue weighted by Gasteiger charge is -2.38. The maximum Gasteiger partial charge on any atom is 0.0780 e. The van der Waals surface area contributed by atoms with Crippen molar-refractivity contribution in [2.45, 2.75) is 64.6 Å². The van der Waals surface area contributed by atoms with Crippen LogP contribution in [-0.2, 0) is 9.47 Å². The molecule has 2 nitrogen and oxygen atoms in total. The Balaban J connectivity index is 2.27. The van der Waals surface area contributed by atoms with Gasteiger partial charge in [0.2, 0.25) is 0 Å². The smallest absolute Gasteiger partial charge is 0.0780 e. The van der Waals surface area contributed by atoms with Crippen LogP contribution in [0.25, 0.3) is 0 Å². The highest BCUT2D eigenvalue weighted by Crippen LogP contribution is 2.37. The first kappa shape index (κ1) is 15.5. The second kappa shape index (κ2) is 7.75. The largest absolute Gasteiger partial charge is 0.376 e. The number of rotatable bonds is 7. The fraction of sp³-hybridized carbons (Fsp3) is 1.00. The first-order valence-corrected chi connectivity index (χ1v) is 8.05. The Morgan fingerprint density at radius 2 is 1.88 bits per heavy atom. The molecule has 0 amide bonds. The monoisotopic (exact) mass is 306 g/mol. The lowest BCUT2D eigenvalue weighted by Crippen LogP contribution is -2.39. The van der Waals surface area contributed by atoms with Crippen molar-refractivity contribution in [3.05, 3.63) is 0 Å². The van der Waals surface area contributed by atoms with E-state index in [9.17, 15) is 0 Å². The molecule has 0 aromatic carbocycles. The predicted molar refractivity (Wildman–Crippen MR) is 75.8 cm³/mol. The second-order valence-electron chi connectivity index (χ2n) is 5.44. The molecule has 17 heavy (non-hydrogen) atoms. The quantitative estimate of drug-likeness (QED) is 0.519. The van der Waals surface area contributed by atoms with Crippen LogP contribution in [0.4, 0.5) is 0 Å². The summed E-state index contributed by atoms with van der Waals surface area (Å²) in [5, 5.41) is 0.956. The van der Waals surface area contributed by atoms with Gasteiger partial charge in [0.15, 0.2) is 0 Å². The van der Waals surface area contributed by atoms with E-state index in [0.717, 1.165) is 17.9 Å². The number of ether oxygens (including phenoxy) is 2. The highest BCUT2D eigenvalue weighted by Gasteiger charge is 2.34. The zero-order valence-corrected chi connectivity index (χ0v) is 13.1. The van der Waals surface area contributed by atoms with Crippen LogP contribution in [0.3, 0.4) is 0 Å². The summed E-state index contributed by atoms with van der Waals surface area (Å²) >= 11 is 3.63. The average molecular weight is 307 g/mol. The van der Waals surface area contributed by atoms with Crippen molar-refractivity contribution in [1.82, 2.24) is 0 Å². The summed E-state index contributed by atoms with van der Waals surface area (Å²) in [5.74, 6) is 0.915. The summed E-state index contributed by atoms with van der Waals surface area (Å²) in [6.45, 7) is 7.85. The number of hydrogen-bond donors (Lipinski definition) is 0. The second-order valence-corrected chi connectivity index (χ2v) is 6.00. The molecule has 0 spiro atoms. The van der Waals surface area contributed by atoms with Crippen LogP contribution in [0.15, 0.2) is 0 Å². The van der Waals surface area contributed by atoms with Gasteiger partial charge in [-0.05, 0) is 45.4 Å². The third-order valence-electron chi connectivity index (χ3n) is 3.78. The van der Waals surface area contributed by atoms with Crippen LogP contribution in [0, 0.1) is 5.92 Å². The lowest BCUT2D eigenvalue weighted by molar-refractivity contribution is -0.0846. The van der Waals surface area contributed by atoms with Crippen LogP contribution >= 0.6 is 15.9 Å². The molecule has 0 aliphatic heterocycles. The fourth-order valence-corrected chi connectivity index (χ4v) is 3.19. The highest BCUT2D eigenvalue weighted by molar-refractivity contribution is 9.09. The molecule has 0 heterocycles. The molecule has 3 heteroatoms. The van der Waals surface area contributed by atoms with Gasteiger partial charge in [-0.1, -0.05) is 29.3 Å². The predicted octanol–water partition coefficient (Wildman–Crippen LogP) is 4.16. The van der Waals surface area contributed by atoms with Gasteiger partial charge in [0.05, 0.1) is 24.9 Å². The van der Waals surface area contributed by atoms with Gasteiger partial charge in [-0.2, -0.15) is 0 Å². The van der Waals surface area contributed by atoms with Crippen LogP contribution in [-0.4, -0.2) is 30.2 Å². The van der Waals surface area contributed by atoms with E-state index in [1.54, 1.807) is 0 Å². The Morgan fingerprint density at radius 3 is 2.35 bits per heavy atom. The number of hydrogen-bond acceptors (Lipinski definition) is 2. The van der Waals surface area contributed by atoms with Gasteiger partial charge in [0.1, 0.15) is 0 Å². The molecule has 1 saturated carbocycles. The maximum atomic E-state index is 6.09. The topological polar surface area (TPSA) is 18.5 Å². The minimum Gasteiger partial charge on any atom is -0.376 e. The van der Waals surface area contributed by atoms with E-state index < -0.39 is 0 Å². The van der Waals surface area contributed by atoms with Crippen LogP contribution < -0.4 is 0 Å². The van der Waals surface area contributed by atoms with E-state index >= 15 is 0 Å². The highest BCUT2D eigenvalue weighted by atomic mass is 79.9. The van der Waals surface area contributed by atoms with E-state index in [0.29, 0.717) is 12.7 Å². The van der Waals surface area contributed by atoms with Crippen molar-refractivity contribution in [2.75, 3.05) is 18.5 Å². The maximum absolute atomic E-state index is 6.09. The molecule has 1 aliphatic carbocycles. The molecule has 102 valence electrons. The summed E-state index contributed by atoms with van der Waals surface area (Å²) in [5.41, 5.74) is 0.0754. The van der Waals surface area contributed by atoms with E-state index in [4.69, 9.17) is 9.47 Å². The molecular weight excluding hydrogens is 280 g/mol. The normalized spacial score (nSPS) is 29.8. The SMILES string of the molecule is CCC1CCC(CBr)(OCCOC(C)C)CC1. The number of halogens is 1. The zero-order chi connectivity index (χ0) is 12.7. The summed E-state index contributed by atoms with van der Waals surface area (Å²) in [4.78, 5) is 0. The first-order valence-electron chi connectivity index (χ1n) is 6.93. The van der Waals surface area contributed by atoms with Gasteiger partial charge in [0.25, 0.3) is 0 Å². The molecule has 0 N–H and O–H groups in total. The lowest BCUT2D eigenvalue weighted by atomic mass is 9.79. The van der Waals surface area contributed by atoms with Gasteiger partial charge in [-0.3, -0.25) is 0 Å². The Hall–Kier alpha value is 0.400. The van der Waals surface area contributed by atoms with Crippen molar-refractivity contribution in [2.24, 2.45) is 5.92 Å². The minimum absolute atomic E-state index is 0.0754. The van der Waals surface area contributed by atoms with Gasteiger partial charge >= 0.3 is 0 Å².